The predicted molar refractivity (Wildman–Crippen MR) is 71.4 cm³/mol. The van der Waals surface area contributed by atoms with Crippen LogP contribution in [-0.2, 0) is 4.79 Å². The third kappa shape index (κ3) is 2.53. The van der Waals surface area contributed by atoms with E-state index < -0.39 is 5.54 Å². The fourth-order valence-electron chi connectivity index (χ4n) is 2.19. The Balaban J connectivity index is 1.72. The zero-order chi connectivity index (χ0) is 12.6. The third-order valence-corrected chi connectivity index (χ3v) is 5.51. The molecule has 0 aliphatic heterocycles. The monoisotopic (exact) mass is 284 g/mol. The van der Waals surface area contributed by atoms with E-state index in [9.17, 15) is 4.79 Å². The zero-order valence-electron chi connectivity index (χ0n) is 9.96. The number of nitrogens with one attached hydrogen (secondary N) is 1. The van der Waals surface area contributed by atoms with Gasteiger partial charge in [0.25, 0.3) is 0 Å². The highest BCUT2D eigenvalue weighted by atomic mass is 32.2. The van der Waals surface area contributed by atoms with Gasteiger partial charge in [0.05, 0.1) is 0 Å². The highest BCUT2D eigenvalue weighted by molar-refractivity contribution is 8.01. The van der Waals surface area contributed by atoms with Gasteiger partial charge < -0.3 is 5.73 Å². The molecule has 18 heavy (non-hydrogen) atoms. The molecule has 2 saturated carbocycles. The minimum Gasteiger partial charge on any atom is -0.368 e. The Morgan fingerprint density at radius 2 is 2.33 bits per heavy atom. The second-order valence-electron chi connectivity index (χ2n) is 5.02. The van der Waals surface area contributed by atoms with E-state index in [1.807, 2.05) is 0 Å². The number of rotatable bonds is 7. The van der Waals surface area contributed by atoms with Crippen molar-refractivity contribution in [3.8, 4) is 0 Å². The Morgan fingerprint density at radius 1 is 1.56 bits per heavy atom. The predicted octanol–water partition coefficient (Wildman–Crippen LogP) is 1.02. The van der Waals surface area contributed by atoms with Crippen molar-refractivity contribution in [2.45, 2.75) is 41.6 Å². The number of carbonyl (C=O) groups excluding carboxylic acids is 1. The van der Waals surface area contributed by atoms with E-state index in [0.29, 0.717) is 17.7 Å². The average molecular weight is 284 g/mol. The van der Waals surface area contributed by atoms with E-state index in [0.717, 1.165) is 30.0 Å². The van der Waals surface area contributed by atoms with Crippen LogP contribution in [0.1, 0.15) is 25.7 Å². The van der Waals surface area contributed by atoms with Crippen LogP contribution in [0.2, 0.25) is 0 Å². The molecular weight excluding hydrogens is 268 g/mol. The summed E-state index contributed by atoms with van der Waals surface area (Å²) < 4.78 is 4.88. The molecule has 2 aliphatic rings. The van der Waals surface area contributed by atoms with Gasteiger partial charge in [-0.2, -0.15) is 4.37 Å². The van der Waals surface area contributed by atoms with Crippen LogP contribution >= 0.6 is 23.3 Å². The maximum atomic E-state index is 11.9. The number of aromatic nitrogens is 2. The maximum absolute atomic E-state index is 11.9. The van der Waals surface area contributed by atoms with Gasteiger partial charge in [0.1, 0.15) is 11.9 Å². The van der Waals surface area contributed by atoms with E-state index in [4.69, 9.17) is 5.73 Å². The van der Waals surface area contributed by atoms with Crippen LogP contribution in [0.4, 0.5) is 0 Å². The van der Waals surface area contributed by atoms with Crippen molar-refractivity contribution in [3.63, 3.8) is 0 Å². The first-order valence-electron chi connectivity index (χ1n) is 6.18. The highest BCUT2D eigenvalue weighted by Crippen LogP contribution is 2.44. The lowest BCUT2D eigenvalue weighted by molar-refractivity contribution is -0.124. The van der Waals surface area contributed by atoms with E-state index >= 15 is 0 Å². The summed E-state index contributed by atoms with van der Waals surface area (Å²) in [4.78, 5) is 16.1. The van der Waals surface area contributed by atoms with Crippen LogP contribution < -0.4 is 11.1 Å². The summed E-state index contributed by atoms with van der Waals surface area (Å²) >= 11 is 2.95. The highest BCUT2D eigenvalue weighted by Gasteiger charge is 2.51. The van der Waals surface area contributed by atoms with Crippen LogP contribution in [0.3, 0.4) is 0 Å². The van der Waals surface area contributed by atoms with Crippen molar-refractivity contribution in [1.82, 2.24) is 14.7 Å². The van der Waals surface area contributed by atoms with Crippen LogP contribution in [0.15, 0.2) is 10.7 Å². The van der Waals surface area contributed by atoms with Crippen LogP contribution in [0, 0.1) is 5.92 Å². The summed E-state index contributed by atoms with van der Waals surface area (Å²) in [6, 6.07) is 0.480. The van der Waals surface area contributed by atoms with Crippen LogP contribution in [0.5, 0.6) is 0 Å². The summed E-state index contributed by atoms with van der Waals surface area (Å²) in [5.41, 5.74) is 5.14. The number of hydrogen-bond acceptors (Lipinski definition) is 6. The van der Waals surface area contributed by atoms with Gasteiger partial charge in [-0.15, -0.1) is 0 Å². The minimum atomic E-state index is -0.544. The molecule has 1 atom stereocenters. The van der Waals surface area contributed by atoms with Gasteiger partial charge in [-0.1, -0.05) is 11.8 Å². The van der Waals surface area contributed by atoms with E-state index in [2.05, 4.69) is 14.7 Å². The number of thioether (sulfide) groups is 1. The average Bonchev–Trinajstić information content (AvgIpc) is 3.25. The molecule has 0 radical (unpaired) electrons. The van der Waals surface area contributed by atoms with Gasteiger partial charge in [-0.05, 0) is 43.1 Å². The lowest BCUT2D eigenvalue weighted by Crippen LogP contribution is -2.60. The number of nitrogens with two attached hydrogens (primary N) is 1. The molecule has 3 rings (SSSR count). The molecule has 0 bridgehead atoms. The van der Waals surface area contributed by atoms with Crippen molar-refractivity contribution in [3.05, 3.63) is 6.33 Å². The van der Waals surface area contributed by atoms with Crippen molar-refractivity contribution in [2.75, 3.05) is 5.75 Å². The van der Waals surface area contributed by atoms with E-state index in [-0.39, 0.29) is 5.91 Å². The molecule has 7 heteroatoms. The molecule has 1 heterocycles. The van der Waals surface area contributed by atoms with E-state index in [1.54, 1.807) is 18.1 Å². The topological polar surface area (TPSA) is 80.9 Å². The lowest BCUT2D eigenvalue weighted by atomic mass is 9.94. The standard InChI is InChI=1S/C11H16N4OS2/c12-9(16)11(7-1-2-7,15-8-3-4-8)5-17-10-13-6-14-18-10/h6-8,15H,1-5H2,(H2,12,16). The first-order chi connectivity index (χ1) is 8.71. The molecule has 98 valence electrons. The number of primary amides is 1. The second kappa shape index (κ2) is 4.79. The number of amides is 1. The molecule has 1 unspecified atom stereocenters. The summed E-state index contributed by atoms with van der Waals surface area (Å²) in [5, 5.41) is 3.49. The molecule has 0 saturated heterocycles. The Labute approximate surface area is 114 Å². The van der Waals surface area contributed by atoms with Crippen molar-refractivity contribution in [1.29, 1.82) is 0 Å². The third-order valence-electron chi connectivity index (χ3n) is 3.52. The Morgan fingerprint density at radius 3 is 2.83 bits per heavy atom. The first-order valence-corrected chi connectivity index (χ1v) is 7.94. The van der Waals surface area contributed by atoms with Crippen LogP contribution in [0.25, 0.3) is 0 Å². The molecule has 3 N–H and O–H groups in total. The Bertz CT molecular complexity index is 430. The minimum absolute atomic E-state index is 0.214. The quantitative estimate of drug-likeness (QED) is 0.731. The Hall–Kier alpha value is -0.660. The molecule has 1 aromatic rings. The molecular formula is C11H16N4OS2. The molecule has 0 aromatic carbocycles. The van der Waals surface area contributed by atoms with E-state index in [1.165, 1.54) is 11.5 Å². The molecule has 0 spiro atoms. The van der Waals surface area contributed by atoms with Gasteiger partial charge in [0.2, 0.25) is 5.91 Å². The molecule has 2 aliphatic carbocycles. The second-order valence-corrected chi connectivity index (χ2v) is 7.03. The summed E-state index contributed by atoms with van der Waals surface area (Å²) in [7, 11) is 0. The number of carbonyl (C=O) groups is 1. The van der Waals surface area contributed by atoms with Crippen LogP contribution in [-0.4, -0.2) is 32.6 Å². The van der Waals surface area contributed by atoms with Crippen molar-refractivity contribution >= 4 is 29.2 Å². The number of hydrogen-bond donors (Lipinski definition) is 2. The summed E-state index contributed by atoms with van der Waals surface area (Å²) in [5.74, 6) is 0.850. The molecule has 1 amide bonds. The van der Waals surface area contributed by atoms with Crippen molar-refractivity contribution < 1.29 is 4.79 Å². The van der Waals surface area contributed by atoms with Gasteiger partial charge in [0, 0.05) is 11.8 Å². The Kier molecular flexibility index (Phi) is 3.29. The number of nitrogens with zero attached hydrogens (tertiary/aromatic N) is 2. The first kappa shape index (κ1) is 12.4. The van der Waals surface area contributed by atoms with Gasteiger partial charge in [-0.3, -0.25) is 10.1 Å². The smallest absolute Gasteiger partial charge is 0.238 e. The van der Waals surface area contributed by atoms with Gasteiger partial charge in [0.15, 0.2) is 4.34 Å². The normalized spacial score (nSPS) is 22.7. The van der Waals surface area contributed by atoms with Crippen molar-refractivity contribution in [2.24, 2.45) is 11.7 Å². The zero-order valence-corrected chi connectivity index (χ0v) is 11.6. The molecule has 5 nitrogen and oxygen atoms in total. The fraction of sp³-hybridized carbons (Fsp3) is 0.727. The lowest BCUT2D eigenvalue weighted by Gasteiger charge is -2.31. The summed E-state index contributed by atoms with van der Waals surface area (Å²) in [6.07, 6.45) is 6.06. The SMILES string of the molecule is NC(=O)C(CSc1ncns1)(NC1CC1)C1CC1. The molecule has 1 aromatic heterocycles. The maximum Gasteiger partial charge on any atom is 0.238 e. The van der Waals surface area contributed by atoms with Gasteiger partial charge >= 0.3 is 0 Å². The largest absolute Gasteiger partial charge is 0.368 e. The summed E-state index contributed by atoms with van der Waals surface area (Å²) in [6.45, 7) is 0. The van der Waals surface area contributed by atoms with Gasteiger partial charge in [-0.25, -0.2) is 4.98 Å². The fourth-order valence-corrected chi connectivity index (χ4v) is 3.92. The molecule has 2 fully saturated rings.